The number of hydrogen-bond acceptors (Lipinski definition) is 1. The van der Waals surface area contributed by atoms with Gasteiger partial charge in [-0.05, 0) is 24.6 Å². The Bertz CT molecular complexity index is 371. The molecule has 0 aromatic heterocycles. The molecule has 0 aliphatic rings. The molecule has 1 atom stereocenters. The van der Waals surface area contributed by atoms with Crippen LogP contribution in [-0.4, -0.2) is 10.5 Å². The lowest BCUT2D eigenvalue weighted by molar-refractivity contribution is -0.137. The second kappa shape index (κ2) is 3.73. The van der Waals surface area contributed by atoms with Gasteiger partial charge in [0.05, 0.1) is 16.4 Å². The van der Waals surface area contributed by atoms with Gasteiger partial charge in [-0.1, -0.05) is 6.07 Å². The van der Waals surface area contributed by atoms with Gasteiger partial charge in [0.1, 0.15) is 0 Å². The molecule has 1 unspecified atom stereocenters. The van der Waals surface area contributed by atoms with Crippen molar-refractivity contribution in [1.82, 2.24) is 0 Å². The largest absolute Gasteiger partial charge is 0.416 e. The Hall–Kier alpha value is -0.840. The van der Waals surface area contributed by atoms with E-state index in [9.17, 15) is 17.4 Å². The molecule has 0 radical (unpaired) electrons. The van der Waals surface area contributed by atoms with Crippen LogP contribution in [0.2, 0.25) is 0 Å². The SMILES string of the molecule is Cc1ccc(C(F)(F)F)cc1S(C)=O. The average Bonchev–Trinajstić information content (AvgIpc) is 2.02. The predicted molar refractivity (Wildman–Crippen MR) is 48.5 cm³/mol. The van der Waals surface area contributed by atoms with E-state index < -0.39 is 22.5 Å². The molecule has 0 bridgehead atoms. The van der Waals surface area contributed by atoms with Crippen LogP contribution in [-0.2, 0) is 17.0 Å². The lowest BCUT2D eigenvalue weighted by Gasteiger charge is -2.09. The summed E-state index contributed by atoms with van der Waals surface area (Å²) < 4.78 is 47.9. The quantitative estimate of drug-likeness (QED) is 0.714. The number of halogens is 3. The van der Waals surface area contributed by atoms with Crippen molar-refractivity contribution in [2.24, 2.45) is 0 Å². The normalized spacial score (nSPS) is 14.1. The Morgan fingerprint density at radius 1 is 1.29 bits per heavy atom. The van der Waals surface area contributed by atoms with Crippen LogP contribution in [0.15, 0.2) is 23.1 Å². The van der Waals surface area contributed by atoms with Crippen LogP contribution in [0.1, 0.15) is 11.1 Å². The number of rotatable bonds is 1. The maximum atomic E-state index is 12.3. The number of aryl methyl sites for hydroxylation is 1. The maximum absolute atomic E-state index is 12.3. The highest BCUT2D eigenvalue weighted by molar-refractivity contribution is 7.84. The Morgan fingerprint density at radius 3 is 2.29 bits per heavy atom. The Labute approximate surface area is 82.4 Å². The zero-order valence-corrected chi connectivity index (χ0v) is 8.50. The Morgan fingerprint density at radius 2 is 1.86 bits per heavy atom. The van der Waals surface area contributed by atoms with Crippen molar-refractivity contribution in [2.45, 2.75) is 18.0 Å². The molecular weight excluding hydrogens is 213 g/mol. The molecule has 1 aromatic rings. The third kappa shape index (κ3) is 2.35. The molecular formula is C9H9F3OS. The summed E-state index contributed by atoms with van der Waals surface area (Å²) in [4.78, 5) is 0.236. The summed E-state index contributed by atoms with van der Waals surface area (Å²) in [5.74, 6) is 0. The highest BCUT2D eigenvalue weighted by Crippen LogP contribution is 2.31. The van der Waals surface area contributed by atoms with Gasteiger partial charge in [-0.2, -0.15) is 13.2 Å². The Balaban J connectivity index is 3.27. The first-order chi connectivity index (χ1) is 6.32. The van der Waals surface area contributed by atoms with E-state index >= 15 is 0 Å². The highest BCUT2D eigenvalue weighted by Gasteiger charge is 2.30. The molecule has 0 fully saturated rings. The molecule has 14 heavy (non-hydrogen) atoms. The van der Waals surface area contributed by atoms with Crippen molar-refractivity contribution in [1.29, 1.82) is 0 Å². The fourth-order valence-electron chi connectivity index (χ4n) is 1.09. The van der Waals surface area contributed by atoms with Crippen LogP contribution in [0.3, 0.4) is 0 Å². The second-order valence-corrected chi connectivity index (χ2v) is 4.28. The summed E-state index contributed by atoms with van der Waals surface area (Å²) in [5, 5.41) is 0. The molecule has 0 spiro atoms. The summed E-state index contributed by atoms with van der Waals surface area (Å²) in [6.07, 6.45) is -3.01. The molecule has 5 heteroatoms. The molecule has 0 aliphatic heterocycles. The van der Waals surface area contributed by atoms with Crippen molar-refractivity contribution in [2.75, 3.05) is 6.26 Å². The molecule has 1 aromatic carbocycles. The van der Waals surface area contributed by atoms with E-state index in [0.29, 0.717) is 5.56 Å². The van der Waals surface area contributed by atoms with E-state index in [1.165, 1.54) is 12.3 Å². The molecule has 0 saturated heterocycles. The van der Waals surface area contributed by atoms with Crippen molar-refractivity contribution >= 4 is 10.8 Å². The van der Waals surface area contributed by atoms with Crippen LogP contribution in [0, 0.1) is 6.92 Å². The van der Waals surface area contributed by atoms with Gasteiger partial charge in [0.15, 0.2) is 0 Å². The lowest BCUT2D eigenvalue weighted by atomic mass is 10.1. The first kappa shape index (κ1) is 11.2. The molecule has 1 rings (SSSR count). The minimum atomic E-state index is -4.37. The van der Waals surface area contributed by atoms with Crippen molar-refractivity contribution in [3.05, 3.63) is 29.3 Å². The predicted octanol–water partition coefficient (Wildman–Crippen LogP) is 2.75. The van der Waals surface area contributed by atoms with Crippen molar-refractivity contribution in [3.63, 3.8) is 0 Å². The number of alkyl halides is 3. The van der Waals surface area contributed by atoms with Gasteiger partial charge in [-0.3, -0.25) is 4.21 Å². The van der Waals surface area contributed by atoms with Crippen LogP contribution in [0.4, 0.5) is 13.2 Å². The van der Waals surface area contributed by atoms with Crippen molar-refractivity contribution in [3.8, 4) is 0 Å². The Kier molecular flexibility index (Phi) is 2.99. The minimum absolute atomic E-state index is 0.236. The standard InChI is InChI=1S/C9H9F3OS/c1-6-3-4-7(9(10,11)12)5-8(6)14(2)13/h3-5H,1-2H3. The highest BCUT2D eigenvalue weighted by atomic mass is 32.2. The van der Waals surface area contributed by atoms with E-state index in [1.54, 1.807) is 6.92 Å². The van der Waals surface area contributed by atoms with Gasteiger partial charge in [-0.15, -0.1) is 0 Å². The van der Waals surface area contributed by atoms with Gasteiger partial charge in [0, 0.05) is 11.2 Å². The van der Waals surface area contributed by atoms with E-state index in [4.69, 9.17) is 0 Å². The first-order valence-electron chi connectivity index (χ1n) is 3.83. The minimum Gasteiger partial charge on any atom is -0.255 e. The fourth-order valence-corrected chi connectivity index (χ4v) is 1.90. The van der Waals surface area contributed by atoms with Gasteiger partial charge in [0.25, 0.3) is 0 Å². The summed E-state index contributed by atoms with van der Waals surface area (Å²) in [6, 6.07) is 3.26. The molecule has 0 saturated carbocycles. The molecule has 0 amide bonds. The topological polar surface area (TPSA) is 17.1 Å². The third-order valence-corrected chi connectivity index (χ3v) is 2.88. The molecule has 0 aliphatic carbocycles. The molecule has 0 N–H and O–H groups in total. The smallest absolute Gasteiger partial charge is 0.255 e. The summed E-state index contributed by atoms with van der Waals surface area (Å²) >= 11 is 0. The average molecular weight is 222 g/mol. The summed E-state index contributed by atoms with van der Waals surface area (Å²) in [6.45, 7) is 1.64. The van der Waals surface area contributed by atoms with Crippen LogP contribution >= 0.6 is 0 Å². The number of hydrogen-bond donors (Lipinski definition) is 0. The second-order valence-electron chi connectivity index (χ2n) is 2.93. The van der Waals surface area contributed by atoms with E-state index in [2.05, 4.69) is 0 Å². The third-order valence-electron chi connectivity index (χ3n) is 1.83. The molecule has 78 valence electrons. The maximum Gasteiger partial charge on any atom is 0.416 e. The van der Waals surface area contributed by atoms with Crippen LogP contribution in [0.5, 0.6) is 0 Å². The van der Waals surface area contributed by atoms with Crippen LogP contribution in [0.25, 0.3) is 0 Å². The molecule has 0 heterocycles. The van der Waals surface area contributed by atoms with E-state index in [1.807, 2.05) is 0 Å². The first-order valence-corrected chi connectivity index (χ1v) is 5.39. The molecule has 1 nitrogen and oxygen atoms in total. The zero-order chi connectivity index (χ0) is 10.9. The van der Waals surface area contributed by atoms with E-state index in [-0.39, 0.29) is 4.90 Å². The van der Waals surface area contributed by atoms with Gasteiger partial charge >= 0.3 is 6.18 Å². The van der Waals surface area contributed by atoms with Crippen molar-refractivity contribution < 1.29 is 17.4 Å². The summed E-state index contributed by atoms with van der Waals surface area (Å²) in [7, 11) is -1.39. The van der Waals surface area contributed by atoms with E-state index in [0.717, 1.165) is 12.1 Å². The zero-order valence-electron chi connectivity index (χ0n) is 7.68. The fraction of sp³-hybridized carbons (Fsp3) is 0.333. The van der Waals surface area contributed by atoms with Gasteiger partial charge in [0.2, 0.25) is 0 Å². The summed E-state index contributed by atoms with van der Waals surface area (Å²) in [5.41, 5.74) is -0.146. The monoisotopic (exact) mass is 222 g/mol. The van der Waals surface area contributed by atoms with Crippen LogP contribution < -0.4 is 0 Å². The van der Waals surface area contributed by atoms with Gasteiger partial charge < -0.3 is 0 Å². The van der Waals surface area contributed by atoms with Gasteiger partial charge in [-0.25, -0.2) is 0 Å². The lowest BCUT2D eigenvalue weighted by Crippen LogP contribution is -2.06. The number of benzene rings is 1.